The molecule has 4 saturated carbocycles. The van der Waals surface area contributed by atoms with Crippen molar-refractivity contribution in [3.63, 3.8) is 0 Å². The van der Waals surface area contributed by atoms with Crippen molar-refractivity contribution in [2.45, 2.75) is 84.7 Å². The van der Waals surface area contributed by atoms with Gasteiger partial charge in [0.15, 0.2) is 0 Å². The molecule has 1 N–H and O–H groups in total. The maximum absolute atomic E-state index is 12.2. The van der Waals surface area contributed by atoms with E-state index in [1.54, 1.807) is 0 Å². The smallest absolute Gasteiger partial charge is 0.133 e. The molecular formula is C22H36O2. The molecule has 0 aromatic rings. The Morgan fingerprint density at radius 1 is 0.958 bits per heavy atom. The zero-order valence-electron chi connectivity index (χ0n) is 16.1. The van der Waals surface area contributed by atoms with Gasteiger partial charge in [0.1, 0.15) is 5.78 Å². The van der Waals surface area contributed by atoms with Crippen LogP contribution in [0.1, 0.15) is 79.1 Å². The monoisotopic (exact) mass is 332 g/mol. The zero-order valence-corrected chi connectivity index (χ0v) is 16.1. The number of Topliss-reactive ketones (excluding diaryl/α,β-unsaturated/α-hetero) is 1. The molecule has 0 aromatic carbocycles. The standard InChI is InChI=1S/C22H36O2/c1-13-11-17-15(16-7-9-21(3,24)12-18(13)16)8-10-22(4)19(14(2)23)5-6-20(17)22/h13,15-20,24H,5-12H2,1-4H3/t13-,15-,16-,17-,18+,19-,20+,21?,22-/m1/s1. The van der Waals surface area contributed by atoms with Gasteiger partial charge in [0.05, 0.1) is 5.60 Å². The maximum atomic E-state index is 12.2. The third kappa shape index (κ3) is 2.42. The fourth-order valence-electron chi connectivity index (χ4n) is 8.07. The number of aliphatic hydroxyl groups is 1. The molecule has 0 heterocycles. The minimum atomic E-state index is -0.432. The number of carbonyl (C=O) groups is 1. The summed E-state index contributed by atoms with van der Waals surface area (Å²) in [6, 6.07) is 0. The topological polar surface area (TPSA) is 37.3 Å². The first-order chi connectivity index (χ1) is 11.2. The summed E-state index contributed by atoms with van der Waals surface area (Å²) in [5.41, 5.74) is -0.155. The van der Waals surface area contributed by atoms with E-state index in [0.29, 0.717) is 11.7 Å². The molecule has 0 aliphatic heterocycles. The van der Waals surface area contributed by atoms with Crippen LogP contribution in [0.4, 0.5) is 0 Å². The van der Waals surface area contributed by atoms with Crippen LogP contribution in [0.25, 0.3) is 0 Å². The Labute approximate surface area is 147 Å². The fraction of sp³-hybridized carbons (Fsp3) is 0.955. The van der Waals surface area contributed by atoms with Crippen LogP contribution in [0.5, 0.6) is 0 Å². The van der Waals surface area contributed by atoms with E-state index in [2.05, 4.69) is 13.8 Å². The minimum Gasteiger partial charge on any atom is -0.390 e. The van der Waals surface area contributed by atoms with Crippen LogP contribution in [0.3, 0.4) is 0 Å². The van der Waals surface area contributed by atoms with E-state index in [1.807, 2.05) is 13.8 Å². The highest BCUT2D eigenvalue weighted by Crippen LogP contribution is 2.65. The van der Waals surface area contributed by atoms with Gasteiger partial charge in [0.2, 0.25) is 0 Å². The molecule has 9 atom stereocenters. The van der Waals surface area contributed by atoms with Crippen molar-refractivity contribution >= 4 is 5.78 Å². The van der Waals surface area contributed by atoms with Crippen molar-refractivity contribution in [2.24, 2.45) is 46.8 Å². The lowest BCUT2D eigenvalue weighted by molar-refractivity contribution is -0.134. The molecule has 0 saturated heterocycles. The molecular weight excluding hydrogens is 296 g/mol. The normalized spacial score (nSPS) is 57.0. The van der Waals surface area contributed by atoms with Gasteiger partial charge in [-0.05, 0) is 106 Å². The predicted molar refractivity (Wildman–Crippen MR) is 96.5 cm³/mol. The number of rotatable bonds is 1. The summed E-state index contributed by atoms with van der Waals surface area (Å²) in [6.07, 6.45) is 9.58. The Morgan fingerprint density at radius 2 is 1.62 bits per heavy atom. The number of hydrogen-bond acceptors (Lipinski definition) is 2. The molecule has 2 nitrogen and oxygen atoms in total. The molecule has 0 bridgehead atoms. The molecule has 24 heavy (non-hydrogen) atoms. The summed E-state index contributed by atoms with van der Waals surface area (Å²) in [7, 11) is 0. The second kappa shape index (κ2) is 5.56. The van der Waals surface area contributed by atoms with Crippen LogP contribution in [-0.2, 0) is 4.79 Å². The van der Waals surface area contributed by atoms with Gasteiger partial charge in [-0.3, -0.25) is 4.79 Å². The van der Waals surface area contributed by atoms with Crippen molar-refractivity contribution in [3.8, 4) is 0 Å². The second-order valence-electron chi connectivity index (χ2n) is 10.5. The van der Waals surface area contributed by atoms with Crippen LogP contribution in [0.2, 0.25) is 0 Å². The van der Waals surface area contributed by atoms with E-state index in [9.17, 15) is 9.90 Å². The summed E-state index contributed by atoms with van der Waals surface area (Å²) in [5.74, 6) is 5.54. The Morgan fingerprint density at radius 3 is 2.33 bits per heavy atom. The fourth-order valence-corrected chi connectivity index (χ4v) is 8.07. The third-order valence-electron chi connectivity index (χ3n) is 9.15. The van der Waals surface area contributed by atoms with Gasteiger partial charge < -0.3 is 5.11 Å². The number of fused-ring (bicyclic) bond motifs is 5. The van der Waals surface area contributed by atoms with Crippen molar-refractivity contribution in [1.82, 2.24) is 0 Å². The molecule has 4 fully saturated rings. The highest BCUT2D eigenvalue weighted by Gasteiger charge is 2.59. The van der Waals surface area contributed by atoms with E-state index in [0.717, 1.165) is 54.8 Å². The molecule has 2 heteroatoms. The Kier molecular flexibility index (Phi) is 3.95. The van der Waals surface area contributed by atoms with E-state index < -0.39 is 5.60 Å². The third-order valence-corrected chi connectivity index (χ3v) is 9.15. The number of hydrogen-bond donors (Lipinski definition) is 1. The lowest BCUT2D eigenvalue weighted by Gasteiger charge is -2.58. The number of carbonyl (C=O) groups excluding carboxylic acids is 1. The summed E-state index contributed by atoms with van der Waals surface area (Å²) >= 11 is 0. The van der Waals surface area contributed by atoms with E-state index in [1.165, 1.54) is 32.1 Å². The molecule has 0 amide bonds. The van der Waals surface area contributed by atoms with Crippen molar-refractivity contribution in [1.29, 1.82) is 0 Å². The van der Waals surface area contributed by atoms with E-state index in [-0.39, 0.29) is 5.41 Å². The average molecular weight is 333 g/mol. The van der Waals surface area contributed by atoms with Gasteiger partial charge in [0.25, 0.3) is 0 Å². The van der Waals surface area contributed by atoms with Crippen molar-refractivity contribution in [3.05, 3.63) is 0 Å². The first-order valence-corrected chi connectivity index (χ1v) is 10.5. The molecule has 0 spiro atoms. The summed E-state index contributed by atoms with van der Waals surface area (Å²) in [6.45, 7) is 8.76. The quantitative estimate of drug-likeness (QED) is 0.746. The SMILES string of the molecule is CC(=O)[C@H]1CC[C@H]2[C@@H]3C[C@@H](C)[C@@H]4CC(C)(O)CC[C@@H]4[C@H]3CC[C@]12C. The number of ketones is 1. The molecule has 4 rings (SSSR count). The lowest BCUT2D eigenvalue weighted by Crippen LogP contribution is -2.53. The molecule has 1 unspecified atom stereocenters. The predicted octanol–water partition coefficient (Wildman–Crippen LogP) is 4.84. The molecule has 4 aliphatic carbocycles. The Hall–Kier alpha value is -0.370. The zero-order chi connectivity index (χ0) is 17.3. The van der Waals surface area contributed by atoms with Crippen LogP contribution >= 0.6 is 0 Å². The Balaban J connectivity index is 1.60. The maximum Gasteiger partial charge on any atom is 0.133 e. The minimum absolute atomic E-state index is 0.277. The van der Waals surface area contributed by atoms with Gasteiger partial charge in [-0.2, -0.15) is 0 Å². The molecule has 4 aliphatic rings. The van der Waals surface area contributed by atoms with Crippen molar-refractivity contribution in [2.75, 3.05) is 0 Å². The summed E-state index contributed by atoms with van der Waals surface area (Å²) in [4.78, 5) is 12.2. The van der Waals surface area contributed by atoms with Gasteiger partial charge in [0, 0.05) is 5.92 Å². The first kappa shape index (κ1) is 17.1. The largest absolute Gasteiger partial charge is 0.390 e. The van der Waals surface area contributed by atoms with Crippen molar-refractivity contribution < 1.29 is 9.90 Å². The van der Waals surface area contributed by atoms with E-state index >= 15 is 0 Å². The molecule has 0 radical (unpaired) electrons. The molecule has 136 valence electrons. The van der Waals surface area contributed by atoms with Crippen LogP contribution in [0.15, 0.2) is 0 Å². The van der Waals surface area contributed by atoms with Gasteiger partial charge >= 0.3 is 0 Å². The van der Waals surface area contributed by atoms with Gasteiger partial charge in [-0.1, -0.05) is 13.8 Å². The highest BCUT2D eigenvalue weighted by molar-refractivity contribution is 5.79. The average Bonchev–Trinajstić information content (AvgIpc) is 2.85. The van der Waals surface area contributed by atoms with Gasteiger partial charge in [-0.25, -0.2) is 0 Å². The second-order valence-corrected chi connectivity index (χ2v) is 10.5. The van der Waals surface area contributed by atoms with E-state index in [4.69, 9.17) is 0 Å². The summed E-state index contributed by atoms with van der Waals surface area (Å²) < 4.78 is 0. The molecule has 0 aromatic heterocycles. The first-order valence-electron chi connectivity index (χ1n) is 10.5. The van der Waals surface area contributed by atoms with Crippen LogP contribution in [-0.4, -0.2) is 16.5 Å². The Bertz CT molecular complexity index is 524. The van der Waals surface area contributed by atoms with Crippen LogP contribution in [0, 0.1) is 46.8 Å². The lowest BCUT2D eigenvalue weighted by atomic mass is 9.47. The highest BCUT2D eigenvalue weighted by atomic mass is 16.3. The van der Waals surface area contributed by atoms with Gasteiger partial charge in [-0.15, -0.1) is 0 Å². The summed E-state index contributed by atoms with van der Waals surface area (Å²) in [5, 5.41) is 10.6. The van der Waals surface area contributed by atoms with Crippen LogP contribution < -0.4 is 0 Å².